The molecule has 0 aliphatic rings. The Hall–Kier alpha value is -0.830. The maximum atomic E-state index is 9.80. The fourth-order valence-corrected chi connectivity index (χ4v) is 3.00. The molecular formula is C15H13I2NO2. The third-order valence-corrected chi connectivity index (χ3v) is 4.28. The molecule has 3 nitrogen and oxygen atoms in total. The van der Waals surface area contributed by atoms with Crippen LogP contribution >= 0.6 is 45.2 Å². The van der Waals surface area contributed by atoms with Crippen molar-refractivity contribution in [2.75, 3.05) is 7.11 Å². The number of aromatic hydroxyl groups is 1. The highest BCUT2D eigenvalue weighted by atomic mass is 127. The summed E-state index contributed by atoms with van der Waals surface area (Å²) in [6.45, 7) is 2.04. The standard InChI is InChI=1S/C15H13I2NO2/c1-9-5-11(16)3-4-13(9)18-8-10-6-12(17)15(19)14(7-10)20-2/h3-8,19H,1-2H3. The first-order valence-electron chi connectivity index (χ1n) is 5.88. The Morgan fingerprint density at radius 2 is 1.95 bits per heavy atom. The Labute approximate surface area is 145 Å². The lowest BCUT2D eigenvalue weighted by atomic mass is 10.2. The Kier molecular flexibility index (Phi) is 5.25. The van der Waals surface area contributed by atoms with Crippen molar-refractivity contribution in [2.45, 2.75) is 6.92 Å². The van der Waals surface area contributed by atoms with Crippen LogP contribution in [-0.2, 0) is 0 Å². The average Bonchev–Trinajstić information content (AvgIpc) is 2.41. The van der Waals surface area contributed by atoms with E-state index in [0.717, 1.165) is 20.4 Å². The van der Waals surface area contributed by atoms with Crippen molar-refractivity contribution in [1.82, 2.24) is 0 Å². The predicted molar refractivity (Wildman–Crippen MR) is 98.5 cm³/mol. The van der Waals surface area contributed by atoms with Gasteiger partial charge in [-0.25, -0.2) is 0 Å². The van der Waals surface area contributed by atoms with Crippen molar-refractivity contribution < 1.29 is 9.84 Å². The zero-order valence-corrected chi connectivity index (χ0v) is 15.3. The highest BCUT2D eigenvalue weighted by Gasteiger charge is 2.07. The molecule has 0 heterocycles. The van der Waals surface area contributed by atoms with Gasteiger partial charge in [-0.3, -0.25) is 4.99 Å². The van der Waals surface area contributed by atoms with Crippen LogP contribution in [0.2, 0.25) is 0 Å². The topological polar surface area (TPSA) is 41.8 Å². The molecule has 0 bridgehead atoms. The number of aryl methyl sites for hydroxylation is 1. The van der Waals surface area contributed by atoms with Crippen LogP contribution in [0.4, 0.5) is 5.69 Å². The number of hydrogen-bond donors (Lipinski definition) is 1. The summed E-state index contributed by atoms with van der Waals surface area (Å²) < 4.78 is 7.07. The van der Waals surface area contributed by atoms with Crippen LogP contribution in [0.15, 0.2) is 35.3 Å². The van der Waals surface area contributed by atoms with E-state index < -0.39 is 0 Å². The van der Waals surface area contributed by atoms with Gasteiger partial charge in [-0.2, -0.15) is 0 Å². The molecule has 0 spiro atoms. The van der Waals surface area contributed by atoms with Crippen molar-refractivity contribution in [3.05, 3.63) is 48.6 Å². The lowest BCUT2D eigenvalue weighted by Crippen LogP contribution is -1.90. The fourth-order valence-electron chi connectivity index (χ4n) is 1.73. The summed E-state index contributed by atoms with van der Waals surface area (Å²) in [5.41, 5.74) is 2.96. The minimum atomic E-state index is 0.163. The summed E-state index contributed by atoms with van der Waals surface area (Å²) in [6, 6.07) is 9.75. The number of benzene rings is 2. The molecule has 0 fully saturated rings. The fraction of sp³-hybridized carbons (Fsp3) is 0.133. The van der Waals surface area contributed by atoms with Gasteiger partial charge in [-0.05, 0) is 93.6 Å². The Balaban J connectivity index is 2.34. The van der Waals surface area contributed by atoms with Gasteiger partial charge in [-0.15, -0.1) is 0 Å². The van der Waals surface area contributed by atoms with Crippen molar-refractivity contribution in [1.29, 1.82) is 0 Å². The molecule has 20 heavy (non-hydrogen) atoms. The Morgan fingerprint density at radius 1 is 1.20 bits per heavy atom. The zero-order chi connectivity index (χ0) is 14.7. The van der Waals surface area contributed by atoms with Gasteiger partial charge in [0.05, 0.1) is 16.4 Å². The summed E-state index contributed by atoms with van der Waals surface area (Å²) >= 11 is 4.35. The molecule has 0 atom stereocenters. The van der Waals surface area contributed by atoms with Gasteiger partial charge in [0.2, 0.25) is 0 Å². The maximum absolute atomic E-state index is 9.80. The third kappa shape index (κ3) is 3.63. The van der Waals surface area contributed by atoms with E-state index in [1.807, 2.05) is 25.1 Å². The number of aliphatic imine (C=N–C) groups is 1. The molecule has 5 heteroatoms. The summed E-state index contributed by atoms with van der Waals surface area (Å²) in [5.74, 6) is 0.619. The van der Waals surface area contributed by atoms with E-state index >= 15 is 0 Å². The van der Waals surface area contributed by atoms with E-state index in [9.17, 15) is 5.11 Å². The number of nitrogens with zero attached hydrogens (tertiary/aromatic N) is 1. The molecular weight excluding hydrogens is 480 g/mol. The monoisotopic (exact) mass is 493 g/mol. The van der Waals surface area contributed by atoms with Gasteiger partial charge in [0.15, 0.2) is 11.5 Å². The van der Waals surface area contributed by atoms with Gasteiger partial charge < -0.3 is 9.84 Å². The first kappa shape index (κ1) is 15.6. The molecule has 0 radical (unpaired) electrons. The number of hydrogen-bond acceptors (Lipinski definition) is 3. The van der Waals surface area contributed by atoms with Gasteiger partial charge in [-0.1, -0.05) is 0 Å². The summed E-state index contributed by atoms with van der Waals surface area (Å²) in [7, 11) is 1.54. The zero-order valence-electron chi connectivity index (χ0n) is 11.0. The number of rotatable bonds is 3. The van der Waals surface area contributed by atoms with E-state index in [1.54, 1.807) is 12.3 Å². The van der Waals surface area contributed by atoms with Crippen LogP contribution < -0.4 is 4.74 Å². The molecule has 0 aliphatic carbocycles. The van der Waals surface area contributed by atoms with Crippen molar-refractivity contribution >= 4 is 57.1 Å². The largest absolute Gasteiger partial charge is 0.504 e. The number of methoxy groups -OCH3 is 1. The van der Waals surface area contributed by atoms with E-state index in [0.29, 0.717) is 5.75 Å². The summed E-state index contributed by atoms with van der Waals surface area (Å²) in [4.78, 5) is 4.49. The van der Waals surface area contributed by atoms with Crippen LogP contribution in [-0.4, -0.2) is 18.4 Å². The molecule has 1 N–H and O–H groups in total. The minimum Gasteiger partial charge on any atom is -0.504 e. The molecule has 0 saturated carbocycles. The molecule has 0 unspecified atom stereocenters. The molecule has 0 amide bonds. The smallest absolute Gasteiger partial charge is 0.171 e. The number of phenols is 1. The van der Waals surface area contributed by atoms with Crippen LogP contribution in [0.1, 0.15) is 11.1 Å². The highest BCUT2D eigenvalue weighted by molar-refractivity contribution is 14.1. The SMILES string of the molecule is COc1cc(C=Nc2ccc(I)cc2C)cc(I)c1O. The quantitative estimate of drug-likeness (QED) is 0.499. The first-order valence-corrected chi connectivity index (χ1v) is 8.03. The van der Waals surface area contributed by atoms with Crippen LogP contribution in [0.5, 0.6) is 11.5 Å². The van der Waals surface area contributed by atoms with Crippen molar-refractivity contribution in [3.63, 3.8) is 0 Å². The van der Waals surface area contributed by atoms with E-state index in [4.69, 9.17) is 4.74 Å². The second-order valence-electron chi connectivity index (χ2n) is 4.24. The van der Waals surface area contributed by atoms with Crippen molar-refractivity contribution in [3.8, 4) is 11.5 Å². The second-order valence-corrected chi connectivity index (χ2v) is 6.65. The van der Waals surface area contributed by atoms with E-state index in [-0.39, 0.29) is 5.75 Å². The van der Waals surface area contributed by atoms with Crippen LogP contribution in [0.25, 0.3) is 0 Å². The molecule has 2 aromatic rings. The summed E-state index contributed by atoms with van der Waals surface area (Å²) in [5, 5.41) is 9.80. The lowest BCUT2D eigenvalue weighted by Gasteiger charge is -2.06. The molecule has 2 aromatic carbocycles. The van der Waals surface area contributed by atoms with Crippen LogP contribution in [0, 0.1) is 14.1 Å². The third-order valence-electron chi connectivity index (χ3n) is 2.78. The van der Waals surface area contributed by atoms with Gasteiger partial charge in [0.25, 0.3) is 0 Å². The lowest BCUT2D eigenvalue weighted by molar-refractivity contribution is 0.371. The molecule has 0 saturated heterocycles. The van der Waals surface area contributed by atoms with Crippen LogP contribution in [0.3, 0.4) is 0 Å². The molecule has 0 aromatic heterocycles. The Morgan fingerprint density at radius 3 is 2.60 bits per heavy atom. The van der Waals surface area contributed by atoms with Gasteiger partial charge >= 0.3 is 0 Å². The highest BCUT2D eigenvalue weighted by Crippen LogP contribution is 2.32. The Bertz CT molecular complexity index is 669. The first-order chi connectivity index (χ1) is 9.51. The maximum Gasteiger partial charge on any atom is 0.171 e. The predicted octanol–water partition coefficient (Wildman–Crippen LogP) is 4.67. The number of ether oxygens (including phenoxy) is 1. The number of phenolic OH excluding ortho intramolecular Hbond substituents is 1. The molecule has 2 rings (SSSR count). The minimum absolute atomic E-state index is 0.163. The van der Waals surface area contributed by atoms with Gasteiger partial charge in [0, 0.05) is 9.78 Å². The van der Waals surface area contributed by atoms with Gasteiger partial charge in [0.1, 0.15) is 0 Å². The molecule has 104 valence electrons. The number of halogens is 2. The van der Waals surface area contributed by atoms with E-state index in [2.05, 4.69) is 56.2 Å². The van der Waals surface area contributed by atoms with Crippen molar-refractivity contribution in [2.24, 2.45) is 4.99 Å². The summed E-state index contributed by atoms with van der Waals surface area (Å²) in [6.07, 6.45) is 1.78. The average molecular weight is 493 g/mol. The molecule has 0 aliphatic heterocycles. The second kappa shape index (κ2) is 6.75. The van der Waals surface area contributed by atoms with E-state index in [1.165, 1.54) is 10.7 Å². The normalized spacial score (nSPS) is 11.0.